The highest BCUT2D eigenvalue weighted by atomic mass is 16.7. The number of esters is 1. The third kappa shape index (κ3) is 8.95. The lowest BCUT2D eigenvalue weighted by Crippen LogP contribution is -2.63. The summed E-state index contributed by atoms with van der Waals surface area (Å²) < 4.78 is 37.7. The fourth-order valence-corrected chi connectivity index (χ4v) is 4.96. The van der Waals surface area contributed by atoms with E-state index in [1.807, 2.05) is 121 Å². The molecule has 0 unspecified atom stereocenters. The van der Waals surface area contributed by atoms with Gasteiger partial charge in [0.1, 0.15) is 24.9 Å². The van der Waals surface area contributed by atoms with Gasteiger partial charge in [-0.05, 0) is 22.3 Å². The van der Waals surface area contributed by atoms with E-state index >= 15 is 0 Å². The average molecular weight is 595 g/mol. The Kier molecular flexibility index (Phi) is 11.9. The van der Waals surface area contributed by atoms with Crippen LogP contribution in [0.4, 0.5) is 0 Å². The van der Waals surface area contributed by atoms with Gasteiger partial charge in [-0.15, -0.1) is 6.58 Å². The summed E-state index contributed by atoms with van der Waals surface area (Å²) in [6.07, 6.45) is -2.83. The zero-order chi connectivity index (χ0) is 30.4. The Balaban J connectivity index is 1.45. The van der Waals surface area contributed by atoms with Crippen molar-refractivity contribution in [1.29, 1.82) is 0 Å². The zero-order valence-corrected chi connectivity index (χ0v) is 24.6. The molecule has 0 aliphatic carbocycles. The first-order chi connectivity index (χ1) is 21.7. The number of rotatable bonds is 15. The minimum absolute atomic E-state index is 0.0899. The summed E-state index contributed by atoms with van der Waals surface area (Å²) in [5, 5.41) is 0. The van der Waals surface area contributed by atoms with Crippen molar-refractivity contribution < 1.29 is 33.2 Å². The molecule has 0 amide bonds. The van der Waals surface area contributed by atoms with Crippen molar-refractivity contribution in [2.45, 2.75) is 57.1 Å². The molecule has 0 bridgehead atoms. The van der Waals surface area contributed by atoms with Crippen LogP contribution in [0.15, 0.2) is 134 Å². The second-order valence-corrected chi connectivity index (χ2v) is 10.4. The van der Waals surface area contributed by atoms with Crippen LogP contribution in [0.2, 0.25) is 0 Å². The van der Waals surface area contributed by atoms with Crippen LogP contribution in [0.3, 0.4) is 0 Å². The van der Waals surface area contributed by atoms with Crippen molar-refractivity contribution in [1.82, 2.24) is 0 Å². The van der Waals surface area contributed by atoms with Gasteiger partial charge >= 0.3 is 5.97 Å². The zero-order valence-electron chi connectivity index (χ0n) is 24.6. The normalized spacial score (nSPS) is 21.4. The summed E-state index contributed by atoms with van der Waals surface area (Å²) in [4.78, 5) is 13.7. The number of hydrogen-bond acceptors (Lipinski definition) is 7. The maximum Gasteiger partial charge on any atom is 0.338 e. The van der Waals surface area contributed by atoms with E-state index in [2.05, 4.69) is 6.58 Å². The molecule has 0 aromatic heterocycles. The summed E-state index contributed by atoms with van der Waals surface area (Å²) in [7, 11) is 0. The molecule has 4 aromatic carbocycles. The second-order valence-electron chi connectivity index (χ2n) is 10.4. The van der Waals surface area contributed by atoms with Gasteiger partial charge in [-0.3, -0.25) is 0 Å². The summed E-state index contributed by atoms with van der Waals surface area (Å²) in [6, 6.07) is 38.9. The van der Waals surface area contributed by atoms with E-state index in [1.165, 1.54) is 0 Å². The van der Waals surface area contributed by atoms with Crippen LogP contribution >= 0.6 is 0 Å². The van der Waals surface area contributed by atoms with E-state index in [4.69, 9.17) is 28.4 Å². The fourth-order valence-electron chi connectivity index (χ4n) is 4.96. The van der Waals surface area contributed by atoms with Gasteiger partial charge < -0.3 is 28.4 Å². The van der Waals surface area contributed by atoms with Crippen molar-refractivity contribution in [3.8, 4) is 0 Å². The van der Waals surface area contributed by atoms with E-state index < -0.39 is 36.7 Å². The lowest BCUT2D eigenvalue weighted by Gasteiger charge is -2.44. The minimum atomic E-state index is -1.14. The van der Waals surface area contributed by atoms with Gasteiger partial charge in [0.2, 0.25) is 0 Å². The molecule has 7 nitrogen and oxygen atoms in total. The highest BCUT2D eigenvalue weighted by Crippen LogP contribution is 2.32. The van der Waals surface area contributed by atoms with Gasteiger partial charge in [0.05, 0.1) is 26.4 Å². The number of hydrogen-bond donors (Lipinski definition) is 0. The minimum Gasteiger partial charge on any atom is -0.459 e. The molecule has 1 fully saturated rings. The Bertz CT molecular complexity index is 1400. The molecule has 0 N–H and O–H groups in total. The van der Waals surface area contributed by atoms with Crippen LogP contribution in [-0.4, -0.2) is 43.3 Å². The molecule has 1 heterocycles. The molecule has 228 valence electrons. The maximum atomic E-state index is 13.7. The lowest BCUT2D eigenvalue weighted by molar-refractivity contribution is -0.318. The Morgan fingerprint density at radius 2 is 0.977 bits per heavy atom. The Hall–Kier alpha value is -4.11. The first kappa shape index (κ1) is 31.3. The highest BCUT2D eigenvalue weighted by Gasteiger charge is 2.52. The molecule has 5 rings (SSSR count). The van der Waals surface area contributed by atoms with Crippen molar-refractivity contribution in [3.05, 3.63) is 156 Å². The van der Waals surface area contributed by atoms with Crippen LogP contribution in [0, 0.1) is 0 Å². The van der Waals surface area contributed by atoms with Crippen LogP contribution in [-0.2, 0) is 59.6 Å². The SMILES string of the molecule is C=CCO[C@@H]1O[C@H](C(=O)OCc2ccccc2)[C@@H](OCc2ccccc2)[C@H](OCc2ccccc2)[C@H]1OCc1ccccc1. The quantitative estimate of drug-likeness (QED) is 0.116. The molecule has 1 saturated heterocycles. The monoisotopic (exact) mass is 594 g/mol. The third-order valence-electron chi connectivity index (χ3n) is 7.19. The van der Waals surface area contributed by atoms with Crippen molar-refractivity contribution in [2.24, 2.45) is 0 Å². The van der Waals surface area contributed by atoms with E-state index in [0.717, 1.165) is 22.3 Å². The lowest BCUT2D eigenvalue weighted by atomic mass is 9.97. The van der Waals surface area contributed by atoms with Crippen LogP contribution in [0.25, 0.3) is 0 Å². The van der Waals surface area contributed by atoms with Gasteiger partial charge in [-0.1, -0.05) is 127 Å². The third-order valence-corrected chi connectivity index (χ3v) is 7.19. The summed E-state index contributed by atoms with van der Waals surface area (Å²) in [5.74, 6) is -0.575. The van der Waals surface area contributed by atoms with Crippen molar-refractivity contribution >= 4 is 5.97 Å². The van der Waals surface area contributed by atoms with E-state index in [9.17, 15) is 4.79 Å². The van der Waals surface area contributed by atoms with Gasteiger partial charge in [0.25, 0.3) is 0 Å². The molecular formula is C37H38O7. The maximum absolute atomic E-state index is 13.7. The summed E-state index contributed by atoms with van der Waals surface area (Å²) in [6.45, 7) is 4.83. The molecule has 44 heavy (non-hydrogen) atoms. The number of carbonyl (C=O) groups excluding carboxylic acids is 1. The molecule has 7 heteroatoms. The highest BCUT2D eigenvalue weighted by molar-refractivity contribution is 5.76. The van der Waals surface area contributed by atoms with Crippen LogP contribution in [0.5, 0.6) is 0 Å². The summed E-state index contributed by atoms with van der Waals surface area (Å²) in [5.41, 5.74) is 3.74. The predicted molar refractivity (Wildman–Crippen MR) is 166 cm³/mol. The van der Waals surface area contributed by atoms with Gasteiger partial charge in [0.15, 0.2) is 12.4 Å². The van der Waals surface area contributed by atoms with Crippen molar-refractivity contribution in [3.63, 3.8) is 0 Å². The number of benzene rings is 4. The molecule has 1 aliphatic heterocycles. The van der Waals surface area contributed by atoms with E-state index in [1.54, 1.807) is 6.08 Å². The standard InChI is InChI=1S/C37H38O7/c1-2-23-39-37-35(42-26-30-19-11-5-12-20-30)33(41-25-29-17-9-4-10-18-29)32(40-24-28-15-7-3-8-16-28)34(44-37)36(38)43-27-31-21-13-6-14-22-31/h2-22,32-35,37H,1,23-27H2/t32-,33-,34-,35+,37+/m0/s1. The average Bonchev–Trinajstić information content (AvgIpc) is 3.09. The molecule has 4 aromatic rings. The molecule has 1 aliphatic rings. The molecule has 5 atom stereocenters. The smallest absolute Gasteiger partial charge is 0.338 e. The first-order valence-electron chi connectivity index (χ1n) is 14.8. The van der Waals surface area contributed by atoms with Crippen molar-refractivity contribution in [2.75, 3.05) is 6.61 Å². The van der Waals surface area contributed by atoms with E-state index in [0.29, 0.717) is 0 Å². The molecule has 0 spiro atoms. The largest absolute Gasteiger partial charge is 0.459 e. The van der Waals surface area contributed by atoms with Crippen LogP contribution in [0.1, 0.15) is 22.3 Å². The van der Waals surface area contributed by atoms with E-state index in [-0.39, 0.29) is 33.0 Å². The fraction of sp³-hybridized carbons (Fsp3) is 0.270. The second kappa shape index (κ2) is 16.7. The Labute approximate surface area is 258 Å². The summed E-state index contributed by atoms with van der Waals surface area (Å²) >= 11 is 0. The first-order valence-corrected chi connectivity index (χ1v) is 14.8. The number of carbonyl (C=O) groups is 1. The molecule has 0 saturated carbocycles. The predicted octanol–water partition coefficient (Wildman–Crippen LogP) is 6.41. The Morgan fingerprint density at radius 3 is 1.43 bits per heavy atom. The Morgan fingerprint density at radius 1 is 0.568 bits per heavy atom. The van der Waals surface area contributed by atoms with Gasteiger partial charge in [-0.2, -0.15) is 0 Å². The van der Waals surface area contributed by atoms with Gasteiger partial charge in [-0.25, -0.2) is 4.79 Å². The molecular weight excluding hydrogens is 556 g/mol. The molecule has 0 radical (unpaired) electrons. The number of ether oxygens (including phenoxy) is 6. The topological polar surface area (TPSA) is 72.5 Å². The van der Waals surface area contributed by atoms with Gasteiger partial charge in [0, 0.05) is 0 Å². The van der Waals surface area contributed by atoms with Crippen LogP contribution < -0.4 is 0 Å².